The topological polar surface area (TPSA) is 20.2 Å². The second kappa shape index (κ2) is 23.2. The van der Waals surface area contributed by atoms with Crippen LogP contribution >= 0.6 is 36.4 Å². The molecule has 0 aliphatic heterocycles. The van der Waals surface area contributed by atoms with E-state index in [9.17, 15) is 5.11 Å². The van der Waals surface area contributed by atoms with E-state index in [4.69, 9.17) is 11.6 Å². The van der Waals surface area contributed by atoms with Crippen LogP contribution in [0.15, 0.2) is 96.6 Å². The molecule has 0 radical (unpaired) electrons. The molecule has 0 heterocycles. The Morgan fingerprint density at radius 3 is 1.53 bits per heavy atom. The Hall–Kier alpha value is -1.61. The number of hydrogen-bond acceptors (Lipinski definition) is 1. The molecule has 0 amide bonds. The Bertz CT molecular complexity index is 798. The van der Waals surface area contributed by atoms with Crippen molar-refractivity contribution in [3.8, 4) is 5.75 Å². The monoisotopic (exact) mass is 551 g/mol. The van der Waals surface area contributed by atoms with Crippen LogP contribution in [-0.4, -0.2) is 9.92 Å². The first-order valence-electron chi connectivity index (χ1n) is 10.2. The molecule has 1 N–H and O–H groups in total. The van der Waals surface area contributed by atoms with Gasteiger partial charge in [0.1, 0.15) is 5.75 Å². The molecule has 0 saturated heterocycles. The first kappa shape index (κ1) is 37.0. The van der Waals surface area contributed by atoms with Gasteiger partial charge < -0.3 is 5.11 Å². The van der Waals surface area contributed by atoms with E-state index >= 15 is 0 Å². The Kier molecular flexibility index (Phi) is 25.2. The van der Waals surface area contributed by atoms with Gasteiger partial charge in [0.2, 0.25) is 0 Å². The van der Waals surface area contributed by atoms with Gasteiger partial charge in [-0.25, -0.2) is 11.6 Å². The van der Waals surface area contributed by atoms with Gasteiger partial charge in [-0.2, -0.15) is 78.9 Å². The molecular weight excluding hydrogens is 519 g/mol. The van der Waals surface area contributed by atoms with Crippen molar-refractivity contribution in [2.75, 3.05) is 0 Å². The summed E-state index contributed by atoms with van der Waals surface area (Å²) in [7, 11) is 0. The van der Waals surface area contributed by atoms with E-state index in [2.05, 4.69) is 62.9 Å². The van der Waals surface area contributed by atoms with Crippen molar-refractivity contribution >= 4 is 41.2 Å². The smallest absolute Gasteiger partial charge is 0.171 e. The SMILES string of the molecule is CC(C)(C)c1cc(O)cc(Cl)c1.CC1=[C-]CC=C1.Cl.Cl.[CH2]=[Ti].[c-]1ccccc1.[c-]1ccccc1. The van der Waals surface area contributed by atoms with E-state index in [0.717, 1.165) is 12.0 Å². The molecule has 184 valence electrons. The van der Waals surface area contributed by atoms with E-state index in [1.165, 1.54) is 11.6 Å². The van der Waals surface area contributed by atoms with E-state index in [0.29, 0.717) is 5.02 Å². The van der Waals surface area contributed by atoms with Crippen LogP contribution in [0.4, 0.5) is 0 Å². The predicted molar refractivity (Wildman–Crippen MR) is 150 cm³/mol. The van der Waals surface area contributed by atoms with Crippen LogP contribution in [-0.2, 0) is 25.4 Å². The van der Waals surface area contributed by atoms with Crippen molar-refractivity contribution in [3.63, 3.8) is 0 Å². The van der Waals surface area contributed by atoms with Crippen LogP contribution in [0.5, 0.6) is 5.75 Å². The number of aromatic hydroxyl groups is 1. The molecule has 0 aromatic heterocycles. The summed E-state index contributed by atoms with van der Waals surface area (Å²) in [6, 6.07) is 30.2. The molecule has 4 rings (SSSR count). The summed E-state index contributed by atoms with van der Waals surface area (Å²) in [5, 5.41) is 9.86. The molecule has 0 atom stereocenters. The maximum Gasteiger partial charge on any atom is -0.171 e. The number of benzene rings is 3. The minimum absolute atomic E-state index is 0. The fraction of sp³-hybridized carbons (Fsp3) is 0.207. The Balaban J connectivity index is -0.000000378. The van der Waals surface area contributed by atoms with Gasteiger partial charge in [-0.15, -0.1) is 31.2 Å². The van der Waals surface area contributed by atoms with Gasteiger partial charge >= 0.3 is 24.8 Å². The average molecular weight is 553 g/mol. The summed E-state index contributed by atoms with van der Waals surface area (Å²) in [5.41, 5.74) is 2.35. The molecule has 5 heteroatoms. The molecule has 1 nitrogen and oxygen atoms in total. The first-order valence-corrected chi connectivity index (χ1v) is 11.7. The summed E-state index contributed by atoms with van der Waals surface area (Å²) in [6.45, 7) is 8.30. The van der Waals surface area contributed by atoms with Crippen LogP contribution in [0.25, 0.3) is 0 Å². The number of hydrogen-bond donors (Lipinski definition) is 1. The molecule has 0 spiro atoms. The third-order valence-electron chi connectivity index (χ3n) is 3.83. The molecular formula is C29H34Cl3OTi-3. The van der Waals surface area contributed by atoms with Gasteiger partial charge in [0.25, 0.3) is 0 Å². The number of phenolic OH excluding ortho intramolecular Hbond substituents is 1. The van der Waals surface area contributed by atoms with Crippen molar-refractivity contribution in [1.82, 2.24) is 0 Å². The summed E-state index contributed by atoms with van der Waals surface area (Å²) in [5.74, 6) is 0.229. The van der Waals surface area contributed by atoms with Crippen LogP contribution in [0.1, 0.15) is 39.7 Å². The second-order valence-electron chi connectivity index (χ2n) is 7.57. The molecule has 1 aliphatic carbocycles. The summed E-state index contributed by atoms with van der Waals surface area (Å²) in [6.07, 6.45) is 8.33. The average Bonchev–Trinajstić information content (AvgIpc) is 3.29. The van der Waals surface area contributed by atoms with E-state index in [-0.39, 0.29) is 36.0 Å². The standard InChI is InChI=1S/C10H13ClO.C6H7.2C6H5.CH2.2ClH.Ti/c1-10(2,3)7-4-8(11)6-9(12)5-7;1-6-4-2-3-5-6;2*1-2-4-6-5-3-1;;;;/h4-6,12H,1-3H3;2,4H,3H2,1H3;2*1-5H;1H2;2*1H;/q;3*-1;;;;. The van der Waals surface area contributed by atoms with Crippen LogP contribution < -0.4 is 0 Å². The third kappa shape index (κ3) is 21.0. The maximum atomic E-state index is 9.27. The van der Waals surface area contributed by atoms with Gasteiger partial charge in [-0.3, -0.25) is 6.08 Å². The molecule has 0 fully saturated rings. The Labute approximate surface area is 235 Å². The minimum atomic E-state index is 0. The van der Waals surface area contributed by atoms with Crippen LogP contribution in [0.3, 0.4) is 0 Å². The molecule has 0 saturated carbocycles. The molecule has 1 aliphatic rings. The fourth-order valence-corrected chi connectivity index (χ4v) is 2.43. The van der Waals surface area contributed by atoms with Gasteiger partial charge in [-0.1, -0.05) is 39.3 Å². The van der Waals surface area contributed by atoms with E-state index < -0.39 is 0 Å². The van der Waals surface area contributed by atoms with Crippen molar-refractivity contribution in [2.45, 2.75) is 39.5 Å². The number of rotatable bonds is 0. The van der Waals surface area contributed by atoms with Crippen molar-refractivity contribution in [1.29, 1.82) is 0 Å². The zero-order valence-electron chi connectivity index (χ0n) is 20.2. The molecule has 0 bridgehead atoms. The van der Waals surface area contributed by atoms with Gasteiger partial charge in [-0.05, 0) is 29.2 Å². The second-order valence-corrected chi connectivity index (χ2v) is 8.01. The number of halogens is 3. The van der Waals surface area contributed by atoms with Crippen molar-refractivity contribution in [3.05, 3.63) is 125 Å². The van der Waals surface area contributed by atoms with Crippen molar-refractivity contribution in [2.24, 2.45) is 0 Å². The quantitative estimate of drug-likeness (QED) is 0.218. The Morgan fingerprint density at radius 2 is 1.32 bits per heavy atom. The zero-order valence-corrected chi connectivity index (χ0v) is 24.2. The summed E-state index contributed by atoms with van der Waals surface area (Å²) >= 11 is 7.55. The van der Waals surface area contributed by atoms with Gasteiger partial charge in [0.15, 0.2) is 0 Å². The fourth-order valence-electron chi connectivity index (χ4n) is 2.21. The van der Waals surface area contributed by atoms with Gasteiger partial charge in [0.05, 0.1) is 0 Å². The van der Waals surface area contributed by atoms with E-state index in [1.54, 1.807) is 26.0 Å². The maximum absolute atomic E-state index is 9.27. The largest absolute Gasteiger partial charge is 0.184 e. The predicted octanol–water partition coefficient (Wildman–Crippen LogP) is 8.82. The summed E-state index contributed by atoms with van der Waals surface area (Å²) in [4.78, 5) is 3.25. The van der Waals surface area contributed by atoms with Crippen LogP contribution in [0.2, 0.25) is 5.02 Å². The van der Waals surface area contributed by atoms with Crippen LogP contribution in [0, 0.1) is 18.2 Å². The zero-order chi connectivity index (χ0) is 24.2. The van der Waals surface area contributed by atoms with E-state index in [1.807, 2.05) is 66.7 Å². The number of allylic oxidation sites excluding steroid dienone is 4. The third-order valence-corrected chi connectivity index (χ3v) is 4.05. The molecule has 3 aromatic carbocycles. The normalized spacial score (nSPS) is 10.3. The van der Waals surface area contributed by atoms with Crippen molar-refractivity contribution < 1.29 is 25.1 Å². The molecule has 0 unspecified atom stereocenters. The minimum Gasteiger partial charge on any atom is -0.184 e. The van der Waals surface area contributed by atoms with Gasteiger partial charge in [0, 0.05) is 5.02 Å². The summed E-state index contributed by atoms with van der Waals surface area (Å²) < 4.78 is 0. The molecule has 34 heavy (non-hydrogen) atoms. The Morgan fingerprint density at radius 1 is 0.853 bits per heavy atom. The first-order chi connectivity index (χ1) is 15.3. The number of phenols is 1. The molecule has 3 aromatic rings.